The summed E-state index contributed by atoms with van der Waals surface area (Å²) in [5.41, 5.74) is -0.891. The van der Waals surface area contributed by atoms with Crippen molar-refractivity contribution in [2.24, 2.45) is 7.05 Å². The van der Waals surface area contributed by atoms with E-state index < -0.39 is 11.5 Å². The summed E-state index contributed by atoms with van der Waals surface area (Å²) >= 11 is 1.28. The Morgan fingerprint density at radius 3 is 2.70 bits per heavy atom. The van der Waals surface area contributed by atoms with Crippen LogP contribution in [0.1, 0.15) is 5.69 Å². The quantitative estimate of drug-likeness (QED) is 0.460. The lowest BCUT2D eigenvalue weighted by atomic mass is 10.3. The molecule has 9 heteroatoms. The first kappa shape index (κ1) is 14.3. The van der Waals surface area contributed by atoms with Crippen LogP contribution in [0.25, 0.3) is 11.2 Å². The number of nitrogens with zero attached hydrogens (tertiary/aromatic N) is 3. The van der Waals surface area contributed by atoms with E-state index in [4.69, 9.17) is 0 Å². The molecule has 0 radical (unpaired) electrons. The van der Waals surface area contributed by atoms with Gasteiger partial charge in [-0.1, -0.05) is 11.8 Å². The molecule has 0 bridgehead atoms. The summed E-state index contributed by atoms with van der Waals surface area (Å²) in [5.74, 6) is -0.604. The summed E-state index contributed by atoms with van der Waals surface area (Å²) in [6, 6.07) is 0. The molecule has 2 aromatic heterocycles. The Morgan fingerprint density at radius 2 is 2.10 bits per heavy atom. The van der Waals surface area contributed by atoms with E-state index in [-0.39, 0.29) is 28.8 Å². The molecule has 0 fully saturated rings. The minimum atomic E-state index is -0.604. The molecule has 0 saturated heterocycles. The van der Waals surface area contributed by atoms with Crippen LogP contribution < -0.4 is 11.1 Å². The van der Waals surface area contributed by atoms with Gasteiger partial charge in [0.15, 0.2) is 16.3 Å². The molecular formula is C11H12N4O4S. The minimum Gasteiger partial charge on any atom is -0.469 e. The predicted molar refractivity (Wildman–Crippen MR) is 72.9 cm³/mol. The Labute approximate surface area is 117 Å². The fourth-order valence-electron chi connectivity index (χ4n) is 1.64. The van der Waals surface area contributed by atoms with Crippen LogP contribution in [-0.2, 0) is 23.0 Å². The number of aromatic nitrogens is 4. The molecule has 106 valence electrons. The van der Waals surface area contributed by atoms with E-state index >= 15 is 0 Å². The van der Waals surface area contributed by atoms with E-state index in [1.807, 2.05) is 0 Å². The summed E-state index contributed by atoms with van der Waals surface area (Å²) in [4.78, 5) is 45.7. The zero-order valence-corrected chi connectivity index (χ0v) is 11.9. The number of methoxy groups -OCH3 is 1. The third kappa shape index (κ3) is 2.44. The summed E-state index contributed by atoms with van der Waals surface area (Å²) < 4.78 is 5.81. The maximum absolute atomic E-state index is 12.1. The summed E-state index contributed by atoms with van der Waals surface area (Å²) in [7, 11) is 2.77. The number of thioether (sulfide) groups is 1. The van der Waals surface area contributed by atoms with Gasteiger partial charge in [0.25, 0.3) is 11.1 Å². The second-order valence-corrected chi connectivity index (χ2v) is 4.70. The lowest BCUT2D eigenvalue weighted by Crippen LogP contribution is -2.26. The molecule has 0 aliphatic carbocycles. The zero-order valence-electron chi connectivity index (χ0n) is 11.1. The monoisotopic (exact) mass is 296 g/mol. The Morgan fingerprint density at radius 1 is 1.40 bits per heavy atom. The number of nitrogens with one attached hydrogen (secondary N) is 1. The molecule has 0 amide bonds. The van der Waals surface area contributed by atoms with E-state index in [9.17, 15) is 14.4 Å². The van der Waals surface area contributed by atoms with Crippen LogP contribution in [0.4, 0.5) is 0 Å². The molecule has 20 heavy (non-hydrogen) atoms. The largest absolute Gasteiger partial charge is 0.469 e. The Balaban J connectivity index is 2.70. The number of fused-ring (bicyclic) bond motifs is 1. The van der Waals surface area contributed by atoms with Gasteiger partial charge in [-0.05, 0) is 6.26 Å². The molecule has 2 heterocycles. The highest BCUT2D eigenvalue weighted by atomic mass is 32.2. The number of carbonyl (C=O) groups excluding carboxylic acids is 1. The van der Waals surface area contributed by atoms with Crippen LogP contribution in [-0.4, -0.2) is 38.9 Å². The first-order chi connectivity index (χ1) is 9.47. The molecule has 0 saturated carbocycles. The van der Waals surface area contributed by atoms with Gasteiger partial charge in [0, 0.05) is 7.05 Å². The number of rotatable bonds is 3. The number of hydrogen-bond acceptors (Lipinski definition) is 7. The highest BCUT2D eigenvalue weighted by Crippen LogP contribution is 2.10. The number of carbonyl (C=O) groups is 1. The first-order valence-corrected chi connectivity index (χ1v) is 6.81. The average Bonchev–Trinajstić information content (AvgIpc) is 2.44. The molecular weight excluding hydrogens is 284 g/mol. The van der Waals surface area contributed by atoms with Gasteiger partial charge in [-0.3, -0.25) is 19.0 Å². The lowest BCUT2D eigenvalue weighted by molar-refractivity contribution is -0.139. The molecule has 2 rings (SSSR count). The molecule has 0 aliphatic heterocycles. The second-order valence-electron chi connectivity index (χ2n) is 3.93. The molecule has 8 nitrogen and oxygen atoms in total. The van der Waals surface area contributed by atoms with Crippen molar-refractivity contribution in [2.45, 2.75) is 11.6 Å². The van der Waals surface area contributed by atoms with E-state index in [0.29, 0.717) is 5.16 Å². The van der Waals surface area contributed by atoms with Crippen molar-refractivity contribution in [3.63, 3.8) is 0 Å². The van der Waals surface area contributed by atoms with Crippen molar-refractivity contribution in [1.29, 1.82) is 0 Å². The molecule has 0 aliphatic rings. The van der Waals surface area contributed by atoms with Gasteiger partial charge in [-0.25, -0.2) is 9.97 Å². The molecule has 1 N–H and O–H groups in total. The van der Waals surface area contributed by atoms with E-state index in [1.165, 1.54) is 23.4 Å². The number of ether oxygens (including phenoxy) is 1. The van der Waals surface area contributed by atoms with E-state index in [1.54, 1.807) is 13.3 Å². The number of aromatic amines is 1. The van der Waals surface area contributed by atoms with Crippen LogP contribution in [0.15, 0.2) is 14.7 Å². The Bertz CT molecular complexity index is 795. The van der Waals surface area contributed by atoms with Crippen molar-refractivity contribution >= 4 is 28.9 Å². The van der Waals surface area contributed by atoms with Crippen LogP contribution in [0.3, 0.4) is 0 Å². The fourth-order valence-corrected chi connectivity index (χ4v) is 2.17. The number of hydrogen-bond donors (Lipinski definition) is 1. The summed E-state index contributed by atoms with van der Waals surface area (Å²) in [6.45, 7) is 0. The van der Waals surface area contributed by atoms with Crippen molar-refractivity contribution in [2.75, 3.05) is 13.4 Å². The van der Waals surface area contributed by atoms with Gasteiger partial charge < -0.3 is 9.72 Å². The standard InChI is InChI=1S/C11H12N4O4S/c1-15-10(18)7-8(14-11(15)20-3)13-9(17)5(12-7)4-6(16)19-2/h4H2,1-3H3,(H,13,17). The van der Waals surface area contributed by atoms with Crippen molar-refractivity contribution in [3.8, 4) is 0 Å². The van der Waals surface area contributed by atoms with Gasteiger partial charge in [-0.2, -0.15) is 0 Å². The predicted octanol–water partition coefficient (Wildman–Crippen LogP) is -0.546. The second kappa shape index (κ2) is 5.45. The molecule has 2 aromatic rings. The van der Waals surface area contributed by atoms with Crippen LogP contribution in [0.5, 0.6) is 0 Å². The van der Waals surface area contributed by atoms with Gasteiger partial charge in [0.1, 0.15) is 5.69 Å². The highest BCUT2D eigenvalue weighted by molar-refractivity contribution is 7.98. The van der Waals surface area contributed by atoms with Crippen LogP contribution >= 0.6 is 11.8 Å². The van der Waals surface area contributed by atoms with Crippen LogP contribution in [0.2, 0.25) is 0 Å². The SMILES string of the molecule is COC(=O)Cc1nc2c(=O)n(C)c(SC)nc2[nH]c1=O. The normalized spacial score (nSPS) is 10.8. The number of esters is 1. The Hall–Kier alpha value is -2.16. The van der Waals surface area contributed by atoms with E-state index in [2.05, 4.69) is 19.7 Å². The lowest BCUT2D eigenvalue weighted by Gasteiger charge is -2.06. The van der Waals surface area contributed by atoms with Gasteiger partial charge in [0.2, 0.25) is 0 Å². The zero-order chi connectivity index (χ0) is 14.9. The molecule has 0 spiro atoms. The smallest absolute Gasteiger partial charge is 0.311 e. The van der Waals surface area contributed by atoms with Gasteiger partial charge >= 0.3 is 5.97 Å². The van der Waals surface area contributed by atoms with Gasteiger partial charge in [0.05, 0.1) is 13.5 Å². The average molecular weight is 296 g/mol. The van der Waals surface area contributed by atoms with Gasteiger partial charge in [-0.15, -0.1) is 0 Å². The Kier molecular flexibility index (Phi) is 3.89. The fraction of sp³-hybridized carbons (Fsp3) is 0.364. The van der Waals surface area contributed by atoms with Crippen molar-refractivity contribution in [3.05, 3.63) is 26.4 Å². The van der Waals surface area contributed by atoms with Crippen molar-refractivity contribution < 1.29 is 9.53 Å². The van der Waals surface area contributed by atoms with Crippen LogP contribution in [0, 0.1) is 0 Å². The van der Waals surface area contributed by atoms with E-state index in [0.717, 1.165) is 0 Å². The van der Waals surface area contributed by atoms with Crippen molar-refractivity contribution in [1.82, 2.24) is 19.5 Å². The third-order valence-corrected chi connectivity index (χ3v) is 3.42. The first-order valence-electron chi connectivity index (χ1n) is 5.58. The minimum absolute atomic E-state index is 0.0174. The molecule has 0 unspecified atom stereocenters. The molecule has 0 atom stereocenters. The highest BCUT2D eigenvalue weighted by Gasteiger charge is 2.15. The maximum Gasteiger partial charge on any atom is 0.311 e. The third-order valence-electron chi connectivity index (χ3n) is 2.69. The topological polar surface area (TPSA) is 107 Å². The maximum atomic E-state index is 12.1. The summed E-state index contributed by atoms with van der Waals surface area (Å²) in [6.07, 6.45) is 1.47. The number of H-pyrrole nitrogens is 1. The molecule has 0 aromatic carbocycles. The summed E-state index contributed by atoms with van der Waals surface area (Å²) in [5, 5.41) is 0.459.